The Morgan fingerprint density at radius 1 is 1.15 bits per heavy atom. The molecule has 8 atom stereocenters. The summed E-state index contributed by atoms with van der Waals surface area (Å²) < 4.78 is 5.15. The van der Waals surface area contributed by atoms with E-state index in [0.717, 1.165) is 18.4 Å². The summed E-state index contributed by atoms with van der Waals surface area (Å²) in [5.41, 5.74) is -1.81. The molecule has 0 spiro atoms. The van der Waals surface area contributed by atoms with Crippen molar-refractivity contribution in [1.29, 1.82) is 0 Å². The first-order valence-electron chi connectivity index (χ1n) is 14.6. The number of carboxylic acid groups (broad SMARTS) is 1. The Labute approximate surface area is 245 Å². The fraction of sp³-hybridized carbons (Fsp3) is 0.767. The van der Waals surface area contributed by atoms with Gasteiger partial charge in [-0.25, -0.2) is 4.79 Å². The van der Waals surface area contributed by atoms with Crippen LogP contribution in [-0.2, 0) is 28.7 Å². The van der Waals surface area contributed by atoms with E-state index in [-0.39, 0.29) is 61.1 Å². The SMILES string of the molecule is CSCC[C@H](NC(=O)CCC(=O)OCC(=O)[C@@]1(O)CC[C@@H]2[C@@H]3CCC4=CC(=O)CC[C@]4(C)[C@H]3[C@@H](O)C[C@@]21C)C(=O)O. The van der Waals surface area contributed by atoms with Gasteiger partial charge in [0, 0.05) is 18.3 Å². The largest absolute Gasteiger partial charge is 0.480 e. The normalized spacial score (nSPS) is 36.7. The molecule has 4 N–H and O–H groups in total. The van der Waals surface area contributed by atoms with Crippen molar-refractivity contribution in [1.82, 2.24) is 5.32 Å². The fourth-order valence-corrected chi connectivity index (χ4v) is 8.93. The highest BCUT2D eigenvalue weighted by atomic mass is 32.2. The summed E-state index contributed by atoms with van der Waals surface area (Å²) in [7, 11) is 0. The second kappa shape index (κ2) is 12.2. The van der Waals surface area contributed by atoms with Gasteiger partial charge in [-0.05, 0) is 86.2 Å². The number of esters is 1. The fourth-order valence-electron chi connectivity index (χ4n) is 8.46. The molecule has 3 saturated carbocycles. The lowest BCUT2D eigenvalue weighted by molar-refractivity contribution is -0.184. The third-order valence-electron chi connectivity index (χ3n) is 10.7. The van der Waals surface area contributed by atoms with Crippen molar-refractivity contribution in [2.75, 3.05) is 18.6 Å². The van der Waals surface area contributed by atoms with Gasteiger partial charge >= 0.3 is 11.9 Å². The minimum absolute atomic E-state index is 0.00791. The highest BCUT2D eigenvalue weighted by Crippen LogP contribution is 2.67. The number of hydrogen-bond acceptors (Lipinski definition) is 9. The first-order chi connectivity index (χ1) is 19.3. The maximum Gasteiger partial charge on any atom is 0.326 e. The Morgan fingerprint density at radius 2 is 1.88 bits per heavy atom. The lowest BCUT2D eigenvalue weighted by Gasteiger charge is -2.60. The van der Waals surface area contributed by atoms with Gasteiger partial charge in [-0.3, -0.25) is 19.2 Å². The van der Waals surface area contributed by atoms with E-state index in [1.165, 1.54) is 11.8 Å². The first kappa shape index (κ1) is 31.7. The number of carbonyl (C=O) groups is 5. The number of aliphatic hydroxyl groups excluding tert-OH is 1. The van der Waals surface area contributed by atoms with Crippen LogP contribution >= 0.6 is 11.8 Å². The van der Waals surface area contributed by atoms with Gasteiger partial charge in [-0.2, -0.15) is 11.8 Å². The maximum absolute atomic E-state index is 13.4. The van der Waals surface area contributed by atoms with Crippen LogP contribution in [0.25, 0.3) is 0 Å². The number of ether oxygens (including phenoxy) is 1. The lowest BCUT2D eigenvalue weighted by Crippen LogP contribution is -2.62. The van der Waals surface area contributed by atoms with Crippen LogP contribution in [0, 0.1) is 28.6 Å². The van der Waals surface area contributed by atoms with Gasteiger partial charge in [0.2, 0.25) is 11.7 Å². The van der Waals surface area contributed by atoms with Crippen LogP contribution in [0.3, 0.4) is 0 Å². The minimum atomic E-state index is -1.76. The van der Waals surface area contributed by atoms with E-state index >= 15 is 0 Å². The molecule has 228 valence electrons. The highest BCUT2D eigenvalue weighted by molar-refractivity contribution is 7.98. The third kappa shape index (κ3) is 5.86. The van der Waals surface area contributed by atoms with Crippen molar-refractivity contribution in [3.05, 3.63) is 11.6 Å². The number of aliphatic carboxylic acids is 1. The highest BCUT2D eigenvalue weighted by Gasteiger charge is 2.68. The third-order valence-corrected chi connectivity index (χ3v) is 11.3. The average Bonchev–Trinajstić information content (AvgIpc) is 3.19. The number of allylic oxidation sites excluding steroid dienone is 1. The van der Waals surface area contributed by atoms with E-state index in [0.29, 0.717) is 25.0 Å². The zero-order chi connectivity index (χ0) is 30.2. The minimum Gasteiger partial charge on any atom is -0.480 e. The summed E-state index contributed by atoms with van der Waals surface area (Å²) >= 11 is 1.46. The molecule has 4 aliphatic carbocycles. The molecule has 4 rings (SSSR count). The van der Waals surface area contributed by atoms with E-state index in [1.54, 1.807) is 6.08 Å². The number of fused-ring (bicyclic) bond motifs is 5. The molecule has 0 bridgehead atoms. The quantitative estimate of drug-likeness (QED) is 0.261. The maximum atomic E-state index is 13.4. The van der Waals surface area contributed by atoms with Gasteiger partial charge in [0.1, 0.15) is 11.6 Å². The van der Waals surface area contributed by atoms with Gasteiger partial charge in [-0.15, -0.1) is 0 Å². The molecule has 3 fully saturated rings. The molecule has 0 radical (unpaired) electrons. The van der Waals surface area contributed by atoms with E-state index in [1.807, 2.05) is 13.2 Å². The molecule has 41 heavy (non-hydrogen) atoms. The van der Waals surface area contributed by atoms with Crippen molar-refractivity contribution in [2.45, 2.75) is 95.8 Å². The molecule has 4 aliphatic rings. The number of rotatable bonds is 11. The van der Waals surface area contributed by atoms with Crippen molar-refractivity contribution in [2.24, 2.45) is 28.6 Å². The monoisotopic (exact) mass is 593 g/mol. The zero-order valence-corrected chi connectivity index (χ0v) is 25.0. The molecule has 11 heteroatoms. The summed E-state index contributed by atoms with van der Waals surface area (Å²) in [4.78, 5) is 61.3. The molecule has 0 aliphatic heterocycles. The van der Waals surface area contributed by atoms with Crippen LogP contribution in [0.2, 0.25) is 0 Å². The smallest absolute Gasteiger partial charge is 0.326 e. The number of nitrogens with one attached hydrogen (secondary N) is 1. The summed E-state index contributed by atoms with van der Waals surface area (Å²) in [6.07, 6.45) is 6.30. The summed E-state index contributed by atoms with van der Waals surface area (Å²) in [6, 6.07) is -1.04. The number of aliphatic hydroxyl groups is 2. The standard InChI is InChI=1S/C30H43NO9S/c1-28-11-8-18(32)14-17(28)4-5-19-20-9-12-30(39,29(20,2)15-22(33)26(19)28)23(34)16-40-25(36)7-6-24(35)31-21(27(37)38)10-13-41-3/h14,19-22,26,33,39H,4-13,15-16H2,1-3H3,(H,31,35)(H,37,38)/t19-,20+,21-,22-,26+,28-,29-,30-/m0/s1. The predicted molar refractivity (Wildman–Crippen MR) is 151 cm³/mol. The summed E-state index contributed by atoms with van der Waals surface area (Å²) in [5, 5.41) is 34.9. The second-order valence-electron chi connectivity index (χ2n) is 12.8. The van der Waals surface area contributed by atoms with Crippen molar-refractivity contribution < 1.29 is 44.0 Å². The van der Waals surface area contributed by atoms with Crippen LogP contribution in [0.15, 0.2) is 11.6 Å². The molecule has 0 unspecified atom stereocenters. The molecule has 0 aromatic carbocycles. The number of carboxylic acids is 1. The van der Waals surface area contributed by atoms with Crippen LogP contribution in [0.5, 0.6) is 0 Å². The Bertz CT molecular complexity index is 1120. The van der Waals surface area contributed by atoms with E-state index in [2.05, 4.69) is 12.2 Å². The number of thioether (sulfide) groups is 1. The van der Waals surface area contributed by atoms with Crippen molar-refractivity contribution in [3.63, 3.8) is 0 Å². The van der Waals surface area contributed by atoms with Gasteiger partial charge in [-0.1, -0.05) is 19.4 Å². The molecular weight excluding hydrogens is 550 g/mol. The Kier molecular flexibility index (Phi) is 9.40. The van der Waals surface area contributed by atoms with Crippen LogP contribution in [0.4, 0.5) is 0 Å². The average molecular weight is 594 g/mol. The molecular formula is C30H43NO9S. The number of amides is 1. The predicted octanol–water partition coefficient (Wildman–Crippen LogP) is 2.44. The Balaban J connectivity index is 1.35. The molecule has 0 heterocycles. The number of carbonyl (C=O) groups excluding carboxylic acids is 4. The topological polar surface area (TPSA) is 167 Å². The van der Waals surface area contributed by atoms with Crippen LogP contribution < -0.4 is 5.32 Å². The van der Waals surface area contributed by atoms with Gasteiger partial charge in [0.25, 0.3) is 0 Å². The summed E-state index contributed by atoms with van der Waals surface area (Å²) in [5.74, 6) is -2.39. The van der Waals surface area contributed by atoms with Crippen molar-refractivity contribution in [3.8, 4) is 0 Å². The summed E-state index contributed by atoms with van der Waals surface area (Å²) in [6.45, 7) is 3.37. The van der Waals surface area contributed by atoms with Crippen LogP contribution in [0.1, 0.15) is 78.1 Å². The lowest BCUT2D eigenvalue weighted by atomic mass is 9.45. The number of ketones is 2. The van der Waals surface area contributed by atoms with Crippen molar-refractivity contribution >= 4 is 41.2 Å². The molecule has 0 aromatic heterocycles. The van der Waals surface area contributed by atoms with E-state index in [9.17, 15) is 39.3 Å². The molecule has 0 aromatic rings. The van der Waals surface area contributed by atoms with Gasteiger partial charge < -0.3 is 25.4 Å². The number of Topliss-reactive ketones (excluding diaryl/α,β-unsaturated/α-hetero) is 1. The Hall–Kier alpha value is -2.24. The van der Waals surface area contributed by atoms with E-state index < -0.39 is 53.4 Å². The number of hydrogen-bond donors (Lipinski definition) is 4. The van der Waals surface area contributed by atoms with Gasteiger partial charge in [0.15, 0.2) is 12.4 Å². The van der Waals surface area contributed by atoms with E-state index in [4.69, 9.17) is 4.74 Å². The van der Waals surface area contributed by atoms with Gasteiger partial charge in [0.05, 0.1) is 12.5 Å². The zero-order valence-electron chi connectivity index (χ0n) is 24.1. The first-order valence-corrected chi connectivity index (χ1v) is 16.0. The van der Waals surface area contributed by atoms with Crippen LogP contribution in [-0.4, -0.2) is 81.1 Å². The molecule has 0 saturated heterocycles. The molecule has 10 nitrogen and oxygen atoms in total. The Morgan fingerprint density at radius 3 is 2.56 bits per heavy atom. The molecule has 1 amide bonds. The second-order valence-corrected chi connectivity index (χ2v) is 13.8.